The van der Waals surface area contributed by atoms with Crippen molar-refractivity contribution in [2.75, 3.05) is 6.61 Å². The quantitative estimate of drug-likeness (QED) is 0.816. The number of halogens is 2. The number of esters is 1. The lowest BCUT2D eigenvalue weighted by atomic mass is 10.1. The van der Waals surface area contributed by atoms with Crippen molar-refractivity contribution in [1.29, 1.82) is 5.26 Å². The van der Waals surface area contributed by atoms with E-state index in [9.17, 15) is 18.7 Å². The van der Waals surface area contributed by atoms with Crippen LogP contribution < -0.4 is 0 Å². The summed E-state index contributed by atoms with van der Waals surface area (Å²) in [7, 11) is 0. The average Bonchev–Trinajstić information content (AvgIpc) is 2.28. The molecular formula is C10H8F2N2O3. The van der Waals surface area contributed by atoms with Gasteiger partial charge in [0.05, 0.1) is 17.7 Å². The number of nitriles is 1. The number of ether oxygens (including phenoxy) is 1. The zero-order chi connectivity index (χ0) is 13.0. The zero-order valence-corrected chi connectivity index (χ0v) is 8.78. The third kappa shape index (κ3) is 2.47. The van der Waals surface area contributed by atoms with E-state index in [1.165, 1.54) is 13.0 Å². The molecule has 0 aliphatic carbocycles. The van der Waals surface area contributed by atoms with Crippen molar-refractivity contribution in [3.05, 3.63) is 23.0 Å². The van der Waals surface area contributed by atoms with Gasteiger partial charge in [0.15, 0.2) is 11.4 Å². The van der Waals surface area contributed by atoms with Gasteiger partial charge in [0, 0.05) is 6.20 Å². The summed E-state index contributed by atoms with van der Waals surface area (Å²) in [6.07, 6.45) is -2.32. The van der Waals surface area contributed by atoms with Crippen LogP contribution in [0.3, 0.4) is 0 Å². The zero-order valence-electron chi connectivity index (χ0n) is 8.78. The first-order valence-corrected chi connectivity index (χ1v) is 4.60. The van der Waals surface area contributed by atoms with E-state index in [0.29, 0.717) is 0 Å². The molecule has 0 saturated heterocycles. The van der Waals surface area contributed by atoms with Crippen molar-refractivity contribution < 1.29 is 23.4 Å². The number of hydrogen-bond donors (Lipinski definition) is 1. The van der Waals surface area contributed by atoms with Crippen molar-refractivity contribution in [1.82, 2.24) is 4.98 Å². The minimum atomic E-state index is -3.11. The van der Waals surface area contributed by atoms with E-state index >= 15 is 0 Å². The van der Waals surface area contributed by atoms with Gasteiger partial charge < -0.3 is 9.84 Å². The molecule has 0 amide bonds. The summed E-state index contributed by atoms with van der Waals surface area (Å²) in [5.41, 5.74) is -2.04. The molecule has 0 aliphatic rings. The molecule has 1 rings (SSSR count). The Kier molecular flexibility index (Phi) is 3.93. The number of pyridine rings is 1. The highest BCUT2D eigenvalue weighted by atomic mass is 19.3. The van der Waals surface area contributed by atoms with Crippen LogP contribution in [0.15, 0.2) is 6.20 Å². The highest BCUT2D eigenvalue weighted by Crippen LogP contribution is 2.33. The van der Waals surface area contributed by atoms with Crippen LogP contribution in [-0.2, 0) is 4.74 Å². The maximum Gasteiger partial charge on any atom is 0.340 e. The topological polar surface area (TPSA) is 83.2 Å². The fraction of sp³-hybridized carbons (Fsp3) is 0.300. The Morgan fingerprint density at radius 1 is 1.71 bits per heavy atom. The molecule has 5 nitrogen and oxygen atoms in total. The Morgan fingerprint density at radius 2 is 2.35 bits per heavy atom. The number of aromatic nitrogens is 1. The largest absolute Gasteiger partial charge is 0.504 e. The van der Waals surface area contributed by atoms with Gasteiger partial charge in [-0.05, 0) is 6.92 Å². The molecule has 0 aromatic carbocycles. The number of carbonyl (C=O) groups excluding carboxylic acids is 1. The summed E-state index contributed by atoms with van der Waals surface area (Å²) in [5.74, 6) is -2.01. The molecule has 0 spiro atoms. The molecule has 0 fully saturated rings. The number of hydrogen-bond acceptors (Lipinski definition) is 5. The summed E-state index contributed by atoms with van der Waals surface area (Å²) in [4.78, 5) is 14.7. The van der Waals surface area contributed by atoms with Gasteiger partial charge in [-0.15, -0.1) is 0 Å². The average molecular weight is 242 g/mol. The predicted octanol–water partition coefficient (Wildman–Crippen LogP) is 1.77. The maximum atomic E-state index is 12.7. The Balaban J connectivity index is 3.37. The lowest BCUT2D eigenvalue weighted by Gasteiger charge is -2.09. The molecule has 0 atom stereocenters. The van der Waals surface area contributed by atoms with Crippen molar-refractivity contribution in [3.63, 3.8) is 0 Å². The van der Waals surface area contributed by atoms with Gasteiger partial charge in [-0.1, -0.05) is 0 Å². The second-order valence-corrected chi connectivity index (χ2v) is 2.92. The van der Waals surface area contributed by atoms with E-state index in [1.54, 1.807) is 0 Å². The van der Waals surface area contributed by atoms with Crippen LogP contribution in [0.1, 0.15) is 35.0 Å². The molecule has 1 aromatic rings. The van der Waals surface area contributed by atoms with Gasteiger partial charge in [0.2, 0.25) is 0 Å². The van der Waals surface area contributed by atoms with Crippen LogP contribution in [0, 0.1) is 11.3 Å². The molecule has 1 aromatic heterocycles. The number of aromatic hydroxyl groups is 1. The first-order valence-electron chi connectivity index (χ1n) is 4.60. The van der Waals surface area contributed by atoms with Crippen molar-refractivity contribution in [2.24, 2.45) is 0 Å². The molecule has 90 valence electrons. The SMILES string of the molecule is CCOC(=O)c1cnc(C#N)c(O)c1C(F)F. The molecule has 0 saturated carbocycles. The van der Waals surface area contributed by atoms with Gasteiger partial charge >= 0.3 is 5.97 Å². The highest BCUT2D eigenvalue weighted by molar-refractivity contribution is 5.91. The normalized spacial score (nSPS) is 10.1. The van der Waals surface area contributed by atoms with Crippen LogP contribution in [0.5, 0.6) is 5.75 Å². The van der Waals surface area contributed by atoms with Gasteiger partial charge in [-0.2, -0.15) is 5.26 Å². The molecule has 0 unspecified atom stereocenters. The van der Waals surface area contributed by atoms with Gasteiger partial charge in [-0.3, -0.25) is 0 Å². The molecule has 1 heterocycles. The predicted molar refractivity (Wildman–Crippen MR) is 51.5 cm³/mol. The Hall–Kier alpha value is -2.23. The fourth-order valence-corrected chi connectivity index (χ4v) is 1.19. The molecule has 1 N–H and O–H groups in total. The van der Waals surface area contributed by atoms with E-state index in [0.717, 1.165) is 6.20 Å². The lowest BCUT2D eigenvalue weighted by molar-refractivity contribution is 0.0513. The van der Waals surface area contributed by atoms with E-state index in [-0.39, 0.29) is 6.61 Å². The molecule has 0 bridgehead atoms. The maximum absolute atomic E-state index is 12.7. The van der Waals surface area contributed by atoms with Crippen LogP contribution in [-0.4, -0.2) is 22.7 Å². The second kappa shape index (κ2) is 5.21. The number of rotatable bonds is 3. The second-order valence-electron chi connectivity index (χ2n) is 2.92. The van der Waals surface area contributed by atoms with E-state index in [4.69, 9.17) is 5.26 Å². The molecule has 0 aliphatic heterocycles. The molecule has 7 heteroatoms. The Morgan fingerprint density at radius 3 is 2.82 bits per heavy atom. The Bertz CT molecular complexity index is 483. The van der Waals surface area contributed by atoms with E-state index in [1.807, 2.05) is 0 Å². The minimum absolute atomic E-state index is 0.00226. The summed E-state index contributed by atoms with van der Waals surface area (Å²) in [6.45, 7) is 1.51. The van der Waals surface area contributed by atoms with Gasteiger partial charge in [0.25, 0.3) is 6.43 Å². The lowest BCUT2D eigenvalue weighted by Crippen LogP contribution is -2.10. The van der Waals surface area contributed by atoms with Gasteiger partial charge in [-0.25, -0.2) is 18.6 Å². The number of carbonyl (C=O) groups is 1. The smallest absolute Gasteiger partial charge is 0.340 e. The fourth-order valence-electron chi connectivity index (χ4n) is 1.19. The monoisotopic (exact) mass is 242 g/mol. The summed E-state index contributed by atoms with van der Waals surface area (Å²) >= 11 is 0. The molecule has 17 heavy (non-hydrogen) atoms. The number of nitrogens with zero attached hydrogens (tertiary/aromatic N) is 2. The third-order valence-corrected chi connectivity index (χ3v) is 1.91. The van der Waals surface area contributed by atoms with Crippen molar-refractivity contribution in [2.45, 2.75) is 13.3 Å². The first-order chi connectivity index (χ1) is 8.02. The van der Waals surface area contributed by atoms with Gasteiger partial charge in [0.1, 0.15) is 6.07 Å². The number of alkyl halides is 2. The summed E-state index contributed by atoms with van der Waals surface area (Å²) in [6, 6.07) is 1.44. The van der Waals surface area contributed by atoms with Crippen LogP contribution >= 0.6 is 0 Å². The third-order valence-electron chi connectivity index (χ3n) is 1.91. The van der Waals surface area contributed by atoms with Crippen LogP contribution in [0.4, 0.5) is 8.78 Å². The van der Waals surface area contributed by atoms with Crippen LogP contribution in [0.2, 0.25) is 0 Å². The highest BCUT2D eigenvalue weighted by Gasteiger charge is 2.26. The first kappa shape index (κ1) is 12.8. The van der Waals surface area contributed by atoms with Crippen LogP contribution in [0.25, 0.3) is 0 Å². The molecular weight excluding hydrogens is 234 g/mol. The summed E-state index contributed by atoms with van der Waals surface area (Å²) in [5, 5.41) is 17.9. The molecule has 0 radical (unpaired) electrons. The standard InChI is InChI=1S/C10H8F2N2O3/c1-2-17-10(16)5-4-14-6(3-13)8(15)7(5)9(11)12/h4,9,15H,2H2,1H3. The van der Waals surface area contributed by atoms with Crippen molar-refractivity contribution in [3.8, 4) is 11.8 Å². The summed E-state index contributed by atoms with van der Waals surface area (Å²) < 4.78 is 29.9. The van der Waals surface area contributed by atoms with E-state index < -0.39 is 35.0 Å². The Labute approximate surface area is 95.3 Å². The van der Waals surface area contributed by atoms with E-state index in [2.05, 4.69) is 9.72 Å². The minimum Gasteiger partial charge on any atom is -0.504 e. The van der Waals surface area contributed by atoms with Crippen molar-refractivity contribution >= 4 is 5.97 Å².